The predicted octanol–water partition coefficient (Wildman–Crippen LogP) is 2.72. The standard InChI is InChI=1S/C9H18O2Si/c1-5-9(10)11-12(6-2,7-3)8-4/h5H,1,6-8H2,2-4H3. The maximum absolute atomic E-state index is 11.0. The number of hydrogen-bond acceptors (Lipinski definition) is 2. The molecule has 0 aromatic carbocycles. The molecule has 70 valence electrons. The Labute approximate surface area is 75.7 Å². The molecule has 0 radical (unpaired) electrons. The zero-order chi connectivity index (χ0) is 9.61. The first-order valence-corrected chi connectivity index (χ1v) is 7.02. The highest BCUT2D eigenvalue weighted by Crippen LogP contribution is 2.21. The molecule has 0 bridgehead atoms. The zero-order valence-electron chi connectivity index (χ0n) is 8.22. The van der Waals surface area contributed by atoms with Crippen LogP contribution in [0.4, 0.5) is 0 Å². The first kappa shape index (κ1) is 11.4. The molecule has 0 N–H and O–H groups in total. The van der Waals surface area contributed by atoms with Crippen LogP contribution in [0.25, 0.3) is 0 Å². The molecule has 0 aliphatic heterocycles. The molecular weight excluding hydrogens is 168 g/mol. The summed E-state index contributed by atoms with van der Waals surface area (Å²) in [5, 5.41) is 0. The fourth-order valence-corrected chi connectivity index (χ4v) is 3.66. The maximum Gasteiger partial charge on any atom is 0.316 e. The highest BCUT2D eigenvalue weighted by atomic mass is 28.4. The van der Waals surface area contributed by atoms with Gasteiger partial charge in [-0.15, -0.1) is 0 Å². The first-order chi connectivity index (χ1) is 5.64. The van der Waals surface area contributed by atoms with E-state index in [1.807, 2.05) is 0 Å². The second kappa shape index (κ2) is 5.14. The molecule has 0 fully saturated rings. The first-order valence-electron chi connectivity index (χ1n) is 4.49. The van der Waals surface area contributed by atoms with Crippen LogP contribution in [0.3, 0.4) is 0 Å². The Hall–Kier alpha value is -0.573. The molecule has 0 saturated heterocycles. The third-order valence-corrected chi connectivity index (χ3v) is 6.92. The summed E-state index contributed by atoms with van der Waals surface area (Å²) in [6.45, 7) is 9.67. The summed E-state index contributed by atoms with van der Waals surface area (Å²) < 4.78 is 5.42. The van der Waals surface area contributed by atoms with Crippen LogP contribution < -0.4 is 0 Å². The molecule has 0 unspecified atom stereocenters. The van der Waals surface area contributed by atoms with Gasteiger partial charge in [-0.1, -0.05) is 27.4 Å². The van der Waals surface area contributed by atoms with Crippen LogP contribution >= 0.6 is 0 Å². The highest BCUT2D eigenvalue weighted by Gasteiger charge is 2.31. The van der Waals surface area contributed by atoms with Gasteiger partial charge in [0.15, 0.2) is 0 Å². The summed E-state index contributed by atoms with van der Waals surface area (Å²) in [4.78, 5) is 11.0. The van der Waals surface area contributed by atoms with Crippen molar-refractivity contribution >= 4 is 14.3 Å². The van der Waals surface area contributed by atoms with Gasteiger partial charge in [-0.05, 0) is 18.1 Å². The van der Waals surface area contributed by atoms with E-state index < -0.39 is 8.32 Å². The molecule has 0 aliphatic rings. The van der Waals surface area contributed by atoms with Crippen LogP contribution in [0, 0.1) is 0 Å². The molecule has 0 atom stereocenters. The molecule has 0 heterocycles. The van der Waals surface area contributed by atoms with E-state index in [4.69, 9.17) is 4.43 Å². The summed E-state index contributed by atoms with van der Waals surface area (Å²) in [5.74, 6) is -0.257. The Morgan fingerprint density at radius 1 is 1.33 bits per heavy atom. The van der Waals surface area contributed by atoms with Crippen molar-refractivity contribution in [3.05, 3.63) is 12.7 Å². The van der Waals surface area contributed by atoms with Gasteiger partial charge in [0.1, 0.15) is 0 Å². The number of carbonyl (C=O) groups excluding carboxylic acids is 1. The molecule has 2 nitrogen and oxygen atoms in total. The van der Waals surface area contributed by atoms with E-state index in [2.05, 4.69) is 27.4 Å². The second-order valence-corrected chi connectivity index (χ2v) is 7.56. The van der Waals surface area contributed by atoms with Crippen molar-refractivity contribution < 1.29 is 9.22 Å². The minimum absolute atomic E-state index is 0.257. The number of rotatable bonds is 5. The van der Waals surface area contributed by atoms with Crippen molar-refractivity contribution in [2.75, 3.05) is 0 Å². The van der Waals surface area contributed by atoms with Crippen LogP contribution in [0.1, 0.15) is 20.8 Å². The average molecular weight is 186 g/mol. The van der Waals surface area contributed by atoms with Crippen molar-refractivity contribution in [1.29, 1.82) is 0 Å². The summed E-state index contributed by atoms with van der Waals surface area (Å²) in [6, 6.07) is 3.00. The van der Waals surface area contributed by atoms with Gasteiger partial charge in [0.2, 0.25) is 0 Å². The van der Waals surface area contributed by atoms with Gasteiger partial charge in [-0.25, -0.2) is 4.79 Å². The third-order valence-electron chi connectivity index (χ3n) is 2.42. The Bertz CT molecular complexity index is 154. The fourth-order valence-electron chi connectivity index (χ4n) is 1.22. The third kappa shape index (κ3) is 2.81. The van der Waals surface area contributed by atoms with Crippen LogP contribution in [-0.2, 0) is 9.22 Å². The smallest absolute Gasteiger partial charge is 0.316 e. The van der Waals surface area contributed by atoms with E-state index in [9.17, 15) is 4.79 Å². The lowest BCUT2D eigenvalue weighted by molar-refractivity contribution is -0.129. The molecule has 0 amide bonds. The molecule has 12 heavy (non-hydrogen) atoms. The topological polar surface area (TPSA) is 26.3 Å². The monoisotopic (exact) mass is 186 g/mol. The maximum atomic E-state index is 11.0. The van der Waals surface area contributed by atoms with Gasteiger partial charge < -0.3 is 4.43 Å². The van der Waals surface area contributed by atoms with Gasteiger partial charge in [0, 0.05) is 6.08 Å². The van der Waals surface area contributed by atoms with Gasteiger partial charge in [-0.2, -0.15) is 0 Å². The van der Waals surface area contributed by atoms with Gasteiger partial charge in [0.05, 0.1) is 0 Å². The SMILES string of the molecule is C=CC(=O)O[Si](CC)(CC)CC. The summed E-state index contributed by atoms with van der Waals surface area (Å²) in [7, 11) is -1.72. The van der Waals surface area contributed by atoms with E-state index in [0.29, 0.717) is 0 Å². The molecule has 0 saturated carbocycles. The fraction of sp³-hybridized carbons (Fsp3) is 0.667. The van der Waals surface area contributed by atoms with Crippen LogP contribution in [0.5, 0.6) is 0 Å². The van der Waals surface area contributed by atoms with Gasteiger partial charge in [0.25, 0.3) is 8.32 Å². The molecule has 0 aromatic heterocycles. The summed E-state index contributed by atoms with van der Waals surface area (Å²) in [6.07, 6.45) is 1.25. The second-order valence-electron chi connectivity index (χ2n) is 2.87. The van der Waals surface area contributed by atoms with Gasteiger partial charge in [-0.3, -0.25) is 0 Å². The largest absolute Gasteiger partial charge is 0.516 e. The lowest BCUT2D eigenvalue weighted by Crippen LogP contribution is -2.37. The predicted molar refractivity (Wildman–Crippen MR) is 53.5 cm³/mol. The van der Waals surface area contributed by atoms with Crippen LogP contribution in [0.15, 0.2) is 12.7 Å². The normalized spacial score (nSPS) is 10.9. The summed E-state index contributed by atoms with van der Waals surface area (Å²) >= 11 is 0. The van der Waals surface area contributed by atoms with Crippen molar-refractivity contribution in [3.63, 3.8) is 0 Å². The van der Waals surface area contributed by atoms with Crippen LogP contribution in [0.2, 0.25) is 18.1 Å². The van der Waals surface area contributed by atoms with Crippen molar-refractivity contribution in [3.8, 4) is 0 Å². The van der Waals surface area contributed by atoms with Crippen LogP contribution in [-0.4, -0.2) is 14.3 Å². The molecule has 0 rings (SSSR count). The van der Waals surface area contributed by atoms with E-state index in [1.165, 1.54) is 6.08 Å². The highest BCUT2D eigenvalue weighted by molar-refractivity contribution is 6.75. The van der Waals surface area contributed by atoms with E-state index in [0.717, 1.165) is 18.1 Å². The van der Waals surface area contributed by atoms with E-state index in [1.54, 1.807) is 0 Å². The lowest BCUT2D eigenvalue weighted by Gasteiger charge is -2.26. The lowest BCUT2D eigenvalue weighted by atomic mass is 10.7. The van der Waals surface area contributed by atoms with E-state index in [-0.39, 0.29) is 5.97 Å². The van der Waals surface area contributed by atoms with Crippen molar-refractivity contribution in [1.82, 2.24) is 0 Å². The Kier molecular flexibility index (Phi) is 4.89. The minimum Gasteiger partial charge on any atom is -0.516 e. The Balaban J connectivity index is 4.29. The number of carbonyl (C=O) groups is 1. The molecule has 3 heteroatoms. The zero-order valence-corrected chi connectivity index (χ0v) is 9.22. The quantitative estimate of drug-likeness (QED) is 0.487. The Morgan fingerprint density at radius 3 is 2.00 bits per heavy atom. The molecular formula is C9H18O2Si. The van der Waals surface area contributed by atoms with Crippen molar-refractivity contribution in [2.45, 2.75) is 38.9 Å². The summed E-state index contributed by atoms with van der Waals surface area (Å²) in [5.41, 5.74) is 0. The number of hydrogen-bond donors (Lipinski definition) is 0. The van der Waals surface area contributed by atoms with Crippen molar-refractivity contribution in [2.24, 2.45) is 0 Å². The van der Waals surface area contributed by atoms with E-state index >= 15 is 0 Å². The van der Waals surface area contributed by atoms with Gasteiger partial charge >= 0.3 is 5.97 Å². The average Bonchev–Trinajstić information content (AvgIpc) is 2.14. The Morgan fingerprint density at radius 2 is 1.75 bits per heavy atom. The minimum atomic E-state index is -1.72. The molecule has 0 aromatic rings. The molecule has 0 aliphatic carbocycles. The molecule has 0 spiro atoms.